The van der Waals surface area contributed by atoms with E-state index < -0.39 is 24.0 Å². The first-order valence-electron chi connectivity index (χ1n) is 9.76. The van der Waals surface area contributed by atoms with E-state index in [0.29, 0.717) is 0 Å². The molecule has 0 aromatic heterocycles. The van der Waals surface area contributed by atoms with Crippen LogP contribution in [0.2, 0.25) is 0 Å². The molecule has 1 fully saturated rings. The molecule has 6 heteroatoms. The highest BCUT2D eigenvalue weighted by Crippen LogP contribution is 2.41. The van der Waals surface area contributed by atoms with Crippen LogP contribution >= 0.6 is 32.3 Å². The number of hydrogen-bond donors (Lipinski definition) is 0. The van der Waals surface area contributed by atoms with Crippen LogP contribution in [0.3, 0.4) is 0 Å². The Morgan fingerprint density at radius 1 is 0.633 bits per heavy atom. The number of nitrogens with zero attached hydrogens (tertiary/aromatic N) is 2. The summed E-state index contributed by atoms with van der Waals surface area (Å²) in [7, 11) is 0. The highest BCUT2D eigenvalue weighted by atomic mass is 79.9. The van der Waals surface area contributed by atoms with Gasteiger partial charge >= 0.3 is 0 Å². The third-order valence-electron chi connectivity index (χ3n) is 5.86. The molecule has 0 radical (unpaired) electrons. The van der Waals surface area contributed by atoms with Gasteiger partial charge in [0.15, 0.2) is 0 Å². The molecule has 30 heavy (non-hydrogen) atoms. The quantitative estimate of drug-likeness (QED) is 0.553. The van der Waals surface area contributed by atoms with Gasteiger partial charge in [0.1, 0.15) is 0 Å². The van der Waals surface area contributed by atoms with Crippen LogP contribution < -0.4 is 18.1 Å². The van der Waals surface area contributed by atoms with Crippen LogP contribution in [0, 0.1) is 11.8 Å². The van der Waals surface area contributed by atoms with Gasteiger partial charge in [-0.3, -0.25) is 7.85 Å². The zero-order chi connectivity index (χ0) is 20.8. The van der Waals surface area contributed by atoms with E-state index in [0.717, 1.165) is 33.9 Å². The SMILES string of the molecule is [O-]C1C(C=C2C=Cc3ccccc3N2Br)C([O-])C1C=C1C=Cc2ccccc2N1Br. The zero-order valence-electron chi connectivity index (χ0n) is 15.9. The molecule has 2 aromatic rings. The maximum Gasteiger partial charge on any atom is 0.0597 e. The smallest absolute Gasteiger partial charge is 0.0597 e. The summed E-state index contributed by atoms with van der Waals surface area (Å²) in [6.07, 6.45) is 9.56. The number of anilines is 2. The molecule has 0 amide bonds. The van der Waals surface area contributed by atoms with E-state index in [1.165, 1.54) is 0 Å². The van der Waals surface area contributed by atoms with Crippen molar-refractivity contribution < 1.29 is 10.2 Å². The molecule has 0 bridgehead atoms. The highest BCUT2D eigenvalue weighted by Gasteiger charge is 2.35. The summed E-state index contributed by atoms with van der Waals surface area (Å²) >= 11 is 7.14. The number of para-hydroxylation sites is 2. The minimum atomic E-state index is -0.967. The molecule has 3 aliphatic rings. The number of halogens is 2. The first-order chi connectivity index (χ1) is 14.5. The molecule has 1 saturated carbocycles. The van der Waals surface area contributed by atoms with Gasteiger partial charge in [0.25, 0.3) is 0 Å². The van der Waals surface area contributed by atoms with Crippen molar-refractivity contribution in [2.24, 2.45) is 11.8 Å². The lowest BCUT2D eigenvalue weighted by molar-refractivity contribution is -0.550. The van der Waals surface area contributed by atoms with Crippen molar-refractivity contribution in [3.63, 3.8) is 0 Å². The van der Waals surface area contributed by atoms with Gasteiger partial charge in [-0.25, -0.2) is 0 Å². The number of rotatable bonds is 2. The predicted octanol–water partition coefficient (Wildman–Crippen LogP) is 4.14. The van der Waals surface area contributed by atoms with E-state index in [-0.39, 0.29) is 0 Å². The maximum atomic E-state index is 12.9. The van der Waals surface area contributed by atoms with Gasteiger partial charge in [0, 0.05) is 11.4 Å². The molecular weight excluding hydrogens is 508 g/mol. The Morgan fingerprint density at radius 2 is 1.03 bits per heavy atom. The largest absolute Gasteiger partial charge is 0.851 e. The molecule has 4 nitrogen and oxygen atoms in total. The van der Waals surface area contributed by atoms with Crippen molar-refractivity contribution in [1.82, 2.24) is 0 Å². The van der Waals surface area contributed by atoms with Crippen molar-refractivity contribution in [2.45, 2.75) is 12.2 Å². The van der Waals surface area contributed by atoms with Crippen molar-refractivity contribution in [1.29, 1.82) is 0 Å². The van der Waals surface area contributed by atoms with Crippen LogP contribution in [0.5, 0.6) is 0 Å². The molecule has 2 heterocycles. The van der Waals surface area contributed by atoms with E-state index in [4.69, 9.17) is 0 Å². The molecule has 2 aliphatic heterocycles. The third kappa shape index (κ3) is 3.28. The van der Waals surface area contributed by atoms with Gasteiger partial charge in [0.05, 0.1) is 43.7 Å². The maximum absolute atomic E-state index is 12.9. The zero-order valence-corrected chi connectivity index (χ0v) is 19.0. The van der Waals surface area contributed by atoms with E-state index in [9.17, 15) is 10.2 Å². The molecule has 5 rings (SSSR count). The van der Waals surface area contributed by atoms with Crippen LogP contribution in [0.25, 0.3) is 12.2 Å². The first-order valence-corrected chi connectivity index (χ1v) is 11.2. The molecule has 152 valence electrons. The second-order valence-electron chi connectivity index (χ2n) is 7.61. The van der Waals surface area contributed by atoms with E-state index in [1.54, 1.807) is 0 Å². The summed E-state index contributed by atoms with van der Waals surface area (Å²) < 4.78 is 3.71. The van der Waals surface area contributed by atoms with Gasteiger partial charge in [-0.2, -0.15) is 0 Å². The van der Waals surface area contributed by atoms with Gasteiger partial charge < -0.3 is 10.2 Å². The van der Waals surface area contributed by atoms with Crippen LogP contribution in [-0.2, 0) is 0 Å². The number of allylic oxidation sites excluding steroid dienone is 2. The summed E-state index contributed by atoms with van der Waals surface area (Å²) in [5.74, 6) is -1.11. The van der Waals surface area contributed by atoms with Crippen LogP contribution in [0.15, 0.2) is 84.2 Å². The van der Waals surface area contributed by atoms with E-state index in [2.05, 4.69) is 32.3 Å². The summed E-state index contributed by atoms with van der Waals surface area (Å²) in [6.45, 7) is 0. The predicted molar refractivity (Wildman–Crippen MR) is 124 cm³/mol. The van der Waals surface area contributed by atoms with Crippen LogP contribution in [-0.4, -0.2) is 12.2 Å². The fourth-order valence-electron chi connectivity index (χ4n) is 4.13. The summed E-state index contributed by atoms with van der Waals surface area (Å²) in [4.78, 5) is 0. The van der Waals surface area contributed by atoms with Crippen LogP contribution in [0.1, 0.15) is 11.1 Å². The lowest BCUT2D eigenvalue weighted by Crippen LogP contribution is -2.65. The number of benzene rings is 2. The summed E-state index contributed by atoms with van der Waals surface area (Å²) in [5.41, 5.74) is 5.80. The Balaban J connectivity index is 1.35. The Bertz CT molecular complexity index is 1010. The average Bonchev–Trinajstić information content (AvgIpc) is 2.78. The van der Waals surface area contributed by atoms with E-state index in [1.807, 2.05) is 92.8 Å². The second kappa shape index (κ2) is 7.85. The first kappa shape index (κ1) is 19.8. The molecule has 0 N–H and O–H groups in total. The van der Waals surface area contributed by atoms with Gasteiger partial charge in [0.2, 0.25) is 0 Å². The summed E-state index contributed by atoms with van der Waals surface area (Å²) in [6, 6.07) is 15.9. The van der Waals surface area contributed by atoms with Gasteiger partial charge in [-0.15, -0.1) is 12.2 Å². The number of fused-ring (bicyclic) bond motifs is 2. The third-order valence-corrected chi connectivity index (χ3v) is 7.44. The van der Waals surface area contributed by atoms with E-state index >= 15 is 0 Å². The Labute approximate surface area is 192 Å². The molecule has 0 atom stereocenters. The lowest BCUT2D eigenvalue weighted by Gasteiger charge is -2.59. The van der Waals surface area contributed by atoms with Crippen molar-refractivity contribution in [2.75, 3.05) is 7.85 Å². The number of hydrogen-bond acceptors (Lipinski definition) is 4. The minimum Gasteiger partial charge on any atom is -0.851 e. The molecule has 0 spiro atoms. The molecular formula is C24H18Br2N2O2-2. The van der Waals surface area contributed by atoms with Gasteiger partial charge in [-0.05, 0) is 47.2 Å². The van der Waals surface area contributed by atoms with Crippen LogP contribution in [0.4, 0.5) is 11.4 Å². The Kier molecular flexibility index (Phi) is 5.19. The Hall–Kier alpha value is -2.12. The monoisotopic (exact) mass is 524 g/mol. The molecule has 1 aliphatic carbocycles. The van der Waals surface area contributed by atoms with Crippen molar-refractivity contribution >= 4 is 55.8 Å². The standard InChI is InChI=1S/C24H18Br2N2O2/c25-27-17(11-9-15-5-1-3-7-21(15)27)13-19-23(29)20(24(19)30)14-18-12-10-16-6-2-4-8-22(16)28(18)26/h1-14,19-20,23-24H/q-2. The molecule has 2 aromatic carbocycles. The van der Waals surface area contributed by atoms with Crippen molar-refractivity contribution in [3.8, 4) is 0 Å². The minimum absolute atomic E-state index is 0.555. The highest BCUT2D eigenvalue weighted by molar-refractivity contribution is 9.10. The average molecular weight is 526 g/mol. The Morgan fingerprint density at radius 3 is 1.47 bits per heavy atom. The second-order valence-corrected chi connectivity index (χ2v) is 9.03. The van der Waals surface area contributed by atoms with Gasteiger partial charge in [-0.1, -0.05) is 60.7 Å². The molecule has 0 saturated heterocycles. The van der Waals surface area contributed by atoms with Crippen molar-refractivity contribution in [3.05, 3.63) is 95.4 Å². The normalized spacial score (nSPS) is 29.7. The summed E-state index contributed by atoms with van der Waals surface area (Å²) in [5, 5.41) is 25.8. The lowest BCUT2D eigenvalue weighted by atomic mass is 9.68. The fraction of sp³-hybridized carbons (Fsp3) is 0.167. The topological polar surface area (TPSA) is 52.6 Å². The molecule has 0 unspecified atom stereocenters. The fourth-order valence-corrected chi connectivity index (χ4v) is 5.25.